The number of aromatic hydroxyl groups is 1. The summed E-state index contributed by atoms with van der Waals surface area (Å²) in [5.41, 5.74) is 21.8. The van der Waals surface area contributed by atoms with Crippen LogP contribution in [0.1, 0.15) is 24.8 Å². The van der Waals surface area contributed by atoms with Crippen LogP contribution in [0.5, 0.6) is 5.75 Å². The first-order valence-electron chi connectivity index (χ1n) is 8.37. The smallest absolute Gasteiger partial charge is 0.330 e. The molecule has 1 aromatic rings. The number of rotatable bonds is 9. The molecule has 10 nitrogen and oxygen atoms in total. The SMILES string of the molecule is NCCCC[C@H](N)C(=O)OC(=O)CN.N[C@@H](Cc1ccc(O)cc1)C(=O)O. The lowest BCUT2D eigenvalue weighted by Gasteiger charge is -2.08. The highest BCUT2D eigenvalue weighted by Crippen LogP contribution is 2.10. The first-order valence-corrected chi connectivity index (χ1v) is 8.37. The van der Waals surface area contributed by atoms with Crippen LogP contribution in [-0.4, -0.2) is 53.3 Å². The van der Waals surface area contributed by atoms with Gasteiger partial charge in [-0.15, -0.1) is 0 Å². The molecule has 0 amide bonds. The van der Waals surface area contributed by atoms with Crippen LogP contribution in [0.4, 0.5) is 0 Å². The number of phenols is 1. The molecule has 0 aromatic heterocycles. The molecule has 0 spiro atoms. The van der Waals surface area contributed by atoms with Crippen molar-refractivity contribution in [2.24, 2.45) is 22.9 Å². The summed E-state index contributed by atoms with van der Waals surface area (Å²) in [5.74, 6) is -2.34. The topological polar surface area (TPSA) is 205 Å². The second kappa shape index (κ2) is 13.6. The lowest BCUT2D eigenvalue weighted by molar-refractivity contribution is -0.159. The number of phenolic OH excluding ortho intramolecular Hbond substituents is 1. The zero-order chi connectivity index (χ0) is 20.8. The van der Waals surface area contributed by atoms with E-state index in [4.69, 9.17) is 33.1 Å². The quantitative estimate of drug-likeness (QED) is 0.171. The van der Waals surface area contributed by atoms with Crippen molar-refractivity contribution in [1.82, 2.24) is 0 Å². The average Bonchev–Trinajstić information content (AvgIpc) is 2.63. The van der Waals surface area contributed by atoms with E-state index in [1.807, 2.05) is 0 Å². The summed E-state index contributed by atoms with van der Waals surface area (Å²) in [4.78, 5) is 32.1. The molecule has 1 rings (SSSR count). The Kier molecular flexibility index (Phi) is 12.4. The third-order valence-corrected chi connectivity index (χ3v) is 3.36. The molecule has 0 saturated carbocycles. The van der Waals surface area contributed by atoms with Crippen LogP contribution in [0.2, 0.25) is 0 Å². The van der Waals surface area contributed by atoms with Gasteiger partial charge in [0.1, 0.15) is 17.8 Å². The highest BCUT2D eigenvalue weighted by molar-refractivity contribution is 5.89. The Morgan fingerprint density at radius 3 is 2.07 bits per heavy atom. The van der Waals surface area contributed by atoms with Gasteiger partial charge in [-0.25, -0.2) is 4.79 Å². The first kappa shape index (κ1) is 24.5. The molecule has 27 heavy (non-hydrogen) atoms. The summed E-state index contributed by atoms with van der Waals surface area (Å²) in [6.07, 6.45) is 2.28. The van der Waals surface area contributed by atoms with Gasteiger partial charge in [0.25, 0.3) is 0 Å². The van der Waals surface area contributed by atoms with Crippen LogP contribution in [0, 0.1) is 0 Å². The van der Waals surface area contributed by atoms with E-state index in [-0.39, 0.29) is 18.7 Å². The molecule has 0 saturated heterocycles. The molecule has 0 aliphatic carbocycles. The maximum atomic E-state index is 11.1. The fourth-order valence-corrected chi connectivity index (χ4v) is 1.83. The monoisotopic (exact) mass is 384 g/mol. The Labute approximate surface area is 157 Å². The molecule has 10 N–H and O–H groups in total. The second-order valence-corrected chi connectivity index (χ2v) is 5.70. The van der Waals surface area contributed by atoms with Gasteiger partial charge in [0.15, 0.2) is 0 Å². The number of carboxylic acid groups (broad SMARTS) is 1. The maximum absolute atomic E-state index is 11.1. The molecule has 10 heteroatoms. The molecular formula is C17H28N4O6. The minimum absolute atomic E-state index is 0.160. The minimum Gasteiger partial charge on any atom is -0.508 e. The van der Waals surface area contributed by atoms with Gasteiger partial charge < -0.3 is 37.9 Å². The number of aliphatic carboxylic acids is 1. The highest BCUT2D eigenvalue weighted by atomic mass is 16.6. The number of benzene rings is 1. The van der Waals surface area contributed by atoms with Crippen LogP contribution < -0.4 is 22.9 Å². The molecule has 0 bridgehead atoms. The van der Waals surface area contributed by atoms with Crippen molar-refractivity contribution in [3.05, 3.63) is 29.8 Å². The summed E-state index contributed by atoms with van der Waals surface area (Å²) in [7, 11) is 0. The van der Waals surface area contributed by atoms with Crippen LogP contribution >= 0.6 is 0 Å². The van der Waals surface area contributed by atoms with Gasteiger partial charge in [0.2, 0.25) is 0 Å². The van der Waals surface area contributed by atoms with Gasteiger partial charge in [-0.3, -0.25) is 9.59 Å². The molecular weight excluding hydrogens is 356 g/mol. The molecule has 0 heterocycles. The predicted octanol–water partition coefficient (Wildman–Crippen LogP) is -1.18. The number of hydrogen-bond donors (Lipinski definition) is 6. The summed E-state index contributed by atoms with van der Waals surface area (Å²) < 4.78 is 4.33. The van der Waals surface area contributed by atoms with Crippen molar-refractivity contribution < 1.29 is 29.3 Å². The molecule has 0 aliphatic rings. The van der Waals surface area contributed by atoms with Crippen LogP contribution in [0.3, 0.4) is 0 Å². The minimum atomic E-state index is -1.02. The van der Waals surface area contributed by atoms with Crippen molar-refractivity contribution in [2.45, 2.75) is 37.8 Å². The zero-order valence-electron chi connectivity index (χ0n) is 15.0. The Morgan fingerprint density at radius 2 is 1.59 bits per heavy atom. The van der Waals surface area contributed by atoms with Gasteiger partial charge >= 0.3 is 17.9 Å². The number of carbonyl (C=O) groups is 3. The van der Waals surface area contributed by atoms with E-state index in [9.17, 15) is 14.4 Å². The normalized spacial score (nSPS) is 12.3. The van der Waals surface area contributed by atoms with Crippen LogP contribution in [0.15, 0.2) is 24.3 Å². The lowest BCUT2D eigenvalue weighted by Crippen LogP contribution is -2.35. The Bertz CT molecular complexity index is 594. The second-order valence-electron chi connectivity index (χ2n) is 5.70. The predicted molar refractivity (Wildman–Crippen MR) is 98.5 cm³/mol. The third-order valence-electron chi connectivity index (χ3n) is 3.36. The van der Waals surface area contributed by atoms with E-state index in [0.29, 0.717) is 13.0 Å². The van der Waals surface area contributed by atoms with Gasteiger partial charge in [0, 0.05) is 0 Å². The van der Waals surface area contributed by atoms with E-state index in [2.05, 4.69) is 4.74 Å². The summed E-state index contributed by atoms with van der Waals surface area (Å²) >= 11 is 0. The summed E-state index contributed by atoms with van der Waals surface area (Å²) in [6, 6.07) is 4.66. The number of nitrogens with two attached hydrogens (primary N) is 4. The molecule has 0 fully saturated rings. The van der Waals surface area contributed by atoms with Gasteiger partial charge in [-0.2, -0.15) is 0 Å². The third kappa shape index (κ3) is 11.7. The Hall–Kier alpha value is -2.53. The van der Waals surface area contributed by atoms with Gasteiger partial charge in [0.05, 0.1) is 6.54 Å². The van der Waals surface area contributed by atoms with E-state index < -0.39 is 30.0 Å². The van der Waals surface area contributed by atoms with Crippen molar-refractivity contribution in [3.63, 3.8) is 0 Å². The molecule has 152 valence electrons. The van der Waals surface area contributed by atoms with Gasteiger partial charge in [-0.05, 0) is 43.5 Å². The van der Waals surface area contributed by atoms with Crippen LogP contribution in [-0.2, 0) is 25.5 Å². The number of carboxylic acids is 1. The fourth-order valence-electron chi connectivity index (χ4n) is 1.83. The average molecular weight is 384 g/mol. The zero-order valence-corrected chi connectivity index (χ0v) is 15.0. The van der Waals surface area contributed by atoms with Gasteiger partial charge in [-0.1, -0.05) is 18.6 Å². The van der Waals surface area contributed by atoms with Crippen molar-refractivity contribution in [1.29, 1.82) is 0 Å². The van der Waals surface area contributed by atoms with E-state index in [0.717, 1.165) is 18.4 Å². The molecule has 0 aliphatic heterocycles. The Morgan fingerprint density at radius 1 is 1.00 bits per heavy atom. The maximum Gasteiger partial charge on any atom is 0.330 e. The number of ether oxygens (including phenoxy) is 1. The van der Waals surface area contributed by atoms with E-state index in [1.54, 1.807) is 12.1 Å². The number of carbonyl (C=O) groups excluding carboxylic acids is 2. The fraction of sp³-hybridized carbons (Fsp3) is 0.471. The lowest BCUT2D eigenvalue weighted by atomic mass is 10.1. The van der Waals surface area contributed by atoms with Crippen molar-refractivity contribution in [2.75, 3.05) is 13.1 Å². The molecule has 2 atom stereocenters. The largest absolute Gasteiger partial charge is 0.508 e. The van der Waals surface area contributed by atoms with Crippen molar-refractivity contribution in [3.8, 4) is 5.75 Å². The first-order chi connectivity index (χ1) is 12.7. The summed E-state index contributed by atoms with van der Waals surface area (Å²) in [6.45, 7) is 0.241. The number of hydrogen-bond acceptors (Lipinski definition) is 9. The Balaban J connectivity index is 0.000000501. The highest BCUT2D eigenvalue weighted by Gasteiger charge is 2.17. The summed E-state index contributed by atoms with van der Waals surface area (Å²) in [5, 5.41) is 17.5. The standard InChI is InChI=1S/C9H11NO3.C8H17N3O3/c10-8(9(12)13)5-6-1-3-7(11)4-2-6;9-4-2-1-3-6(11)8(13)14-7(12)5-10/h1-4,8,11H,5,10H2,(H,12,13);6H,1-5,9-11H2/t8-;6-/m00/s1. The molecule has 0 radical (unpaired) electrons. The van der Waals surface area contributed by atoms with Crippen LogP contribution in [0.25, 0.3) is 0 Å². The number of unbranched alkanes of at least 4 members (excludes halogenated alkanes) is 1. The van der Waals surface area contributed by atoms with Crippen molar-refractivity contribution >= 4 is 17.9 Å². The van der Waals surface area contributed by atoms with E-state index >= 15 is 0 Å². The number of esters is 2. The molecule has 0 unspecified atom stereocenters. The molecule has 1 aromatic carbocycles. The van der Waals surface area contributed by atoms with E-state index in [1.165, 1.54) is 12.1 Å².